The van der Waals surface area contributed by atoms with Gasteiger partial charge in [0.25, 0.3) is 5.91 Å². The smallest absolute Gasteiger partial charge is 0.274 e. The normalized spacial score (nSPS) is 12.3. The molecular formula is C22H22N4O3. The van der Waals surface area contributed by atoms with Gasteiger partial charge in [0.1, 0.15) is 31.1 Å². The van der Waals surface area contributed by atoms with Crippen LogP contribution in [0.3, 0.4) is 0 Å². The van der Waals surface area contributed by atoms with Gasteiger partial charge >= 0.3 is 0 Å². The van der Waals surface area contributed by atoms with Gasteiger partial charge in [-0.15, -0.1) is 0 Å². The van der Waals surface area contributed by atoms with Crippen LogP contribution in [0.2, 0.25) is 0 Å². The maximum absolute atomic E-state index is 12.7. The van der Waals surface area contributed by atoms with E-state index in [-0.39, 0.29) is 5.91 Å². The van der Waals surface area contributed by atoms with Crippen molar-refractivity contribution in [3.05, 3.63) is 72.2 Å². The van der Waals surface area contributed by atoms with E-state index in [0.29, 0.717) is 48.5 Å². The summed E-state index contributed by atoms with van der Waals surface area (Å²) in [6, 6.07) is 17.2. The van der Waals surface area contributed by atoms with Crippen LogP contribution in [0, 0.1) is 0 Å². The lowest BCUT2D eigenvalue weighted by atomic mass is 10.2. The summed E-state index contributed by atoms with van der Waals surface area (Å²) < 4.78 is 11.1. The minimum Gasteiger partial charge on any atom is -0.486 e. The summed E-state index contributed by atoms with van der Waals surface area (Å²) in [5.74, 6) is 1.70. The number of aromatic nitrogens is 2. The molecule has 7 nitrogen and oxygen atoms in total. The zero-order valence-electron chi connectivity index (χ0n) is 16.2. The summed E-state index contributed by atoms with van der Waals surface area (Å²) >= 11 is 0. The molecule has 1 amide bonds. The number of rotatable bonds is 6. The number of nitrogens with one attached hydrogen (secondary N) is 1. The summed E-state index contributed by atoms with van der Waals surface area (Å²) in [5.41, 5.74) is 2.10. The Morgan fingerprint density at radius 2 is 1.83 bits per heavy atom. The lowest BCUT2D eigenvalue weighted by Gasteiger charge is -2.22. The summed E-state index contributed by atoms with van der Waals surface area (Å²) in [6.07, 6.45) is 1.42. The van der Waals surface area contributed by atoms with Crippen LogP contribution in [0.15, 0.2) is 60.9 Å². The van der Waals surface area contributed by atoms with Crippen LogP contribution in [-0.2, 0) is 6.54 Å². The van der Waals surface area contributed by atoms with Crippen LogP contribution in [-0.4, -0.2) is 35.6 Å². The van der Waals surface area contributed by atoms with E-state index < -0.39 is 0 Å². The van der Waals surface area contributed by atoms with Crippen LogP contribution < -0.4 is 19.7 Å². The molecule has 0 unspecified atom stereocenters. The first-order valence-electron chi connectivity index (χ1n) is 9.55. The van der Waals surface area contributed by atoms with Crippen molar-refractivity contribution < 1.29 is 14.3 Å². The van der Waals surface area contributed by atoms with E-state index in [4.69, 9.17) is 9.47 Å². The van der Waals surface area contributed by atoms with Gasteiger partial charge in [-0.1, -0.05) is 30.3 Å². The third-order valence-electron chi connectivity index (χ3n) is 4.61. The zero-order chi connectivity index (χ0) is 20.1. The van der Waals surface area contributed by atoms with Crippen molar-refractivity contribution in [1.82, 2.24) is 9.97 Å². The van der Waals surface area contributed by atoms with Crippen LogP contribution in [0.1, 0.15) is 23.0 Å². The number of hydrogen-bond acceptors (Lipinski definition) is 6. The summed E-state index contributed by atoms with van der Waals surface area (Å²) in [5, 5.41) is 2.86. The second-order valence-corrected chi connectivity index (χ2v) is 6.57. The highest BCUT2D eigenvalue weighted by molar-refractivity contribution is 6.03. The fourth-order valence-electron chi connectivity index (χ4n) is 3.12. The third kappa shape index (κ3) is 4.45. The Morgan fingerprint density at radius 1 is 1.03 bits per heavy atom. The predicted molar refractivity (Wildman–Crippen MR) is 111 cm³/mol. The van der Waals surface area contributed by atoms with Gasteiger partial charge in [0.2, 0.25) is 0 Å². The van der Waals surface area contributed by atoms with Gasteiger partial charge in [-0.2, -0.15) is 0 Å². The van der Waals surface area contributed by atoms with Crippen LogP contribution in [0.25, 0.3) is 0 Å². The molecule has 7 heteroatoms. The Hall–Kier alpha value is -3.61. The molecule has 29 heavy (non-hydrogen) atoms. The Bertz CT molecular complexity index is 994. The lowest BCUT2D eigenvalue weighted by Crippen LogP contribution is -2.24. The molecule has 0 saturated heterocycles. The highest BCUT2D eigenvalue weighted by Crippen LogP contribution is 2.32. The fourth-order valence-corrected chi connectivity index (χ4v) is 3.12. The van der Waals surface area contributed by atoms with Gasteiger partial charge in [-0.25, -0.2) is 9.97 Å². The van der Waals surface area contributed by atoms with E-state index in [1.54, 1.807) is 24.3 Å². The lowest BCUT2D eigenvalue weighted by molar-refractivity contribution is 0.102. The number of fused-ring (bicyclic) bond motifs is 1. The quantitative estimate of drug-likeness (QED) is 0.694. The maximum atomic E-state index is 12.7. The largest absolute Gasteiger partial charge is 0.486 e. The van der Waals surface area contributed by atoms with Crippen molar-refractivity contribution >= 4 is 17.4 Å². The average Bonchev–Trinajstić information content (AvgIpc) is 2.78. The number of benzene rings is 2. The molecule has 1 aromatic heterocycles. The second-order valence-electron chi connectivity index (χ2n) is 6.57. The molecule has 0 spiro atoms. The fraction of sp³-hybridized carbons (Fsp3) is 0.227. The van der Waals surface area contributed by atoms with Crippen LogP contribution >= 0.6 is 0 Å². The standard InChI is InChI=1S/C22H22N4O3/c1-2-26(14-16-6-4-3-5-7-16)21-13-18(23-15-24-21)22(27)25-17-8-9-19-20(12-17)29-11-10-28-19/h3-9,12-13,15H,2,10-11,14H2,1H3,(H,25,27). The Kier molecular flexibility index (Phi) is 5.56. The monoisotopic (exact) mass is 390 g/mol. The molecule has 2 aromatic carbocycles. The highest BCUT2D eigenvalue weighted by atomic mass is 16.6. The summed E-state index contributed by atoms with van der Waals surface area (Å²) in [7, 11) is 0. The van der Waals surface area contributed by atoms with Crippen molar-refractivity contribution in [3.8, 4) is 11.5 Å². The summed E-state index contributed by atoms with van der Waals surface area (Å²) in [6.45, 7) is 4.54. The zero-order valence-corrected chi connectivity index (χ0v) is 16.2. The molecule has 0 radical (unpaired) electrons. The number of anilines is 2. The number of carbonyl (C=O) groups excluding carboxylic acids is 1. The van der Waals surface area contributed by atoms with E-state index in [2.05, 4.69) is 39.2 Å². The van der Waals surface area contributed by atoms with Gasteiger partial charge in [0.15, 0.2) is 11.5 Å². The third-order valence-corrected chi connectivity index (χ3v) is 4.61. The molecule has 1 aliphatic heterocycles. The van der Waals surface area contributed by atoms with Crippen molar-refractivity contribution in [3.63, 3.8) is 0 Å². The topological polar surface area (TPSA) is 76.6 Å². The molecule has 0 saturated carbocycles. The van der Waals surface area contributed by atoms with E-state index in [1.807, 2.05) is 18.2 Å². The first-order valence-corrected chi connectivity index (χ1v) is 9.55. The van der Waals surface area contributed by atoms with Gasteiger partial charge in [-0.05, 0) is 24.6 Å². The van der Waals surface area contributed by atoms with Crippen LogP contribution in [0.5, 0.6) is 11.5 Å². The minimum absolute atomic E-state index is 0.302. The molecule has 0 bridgehead atoms. The Balaban J connectivity index is 1.49. The molecule has 0 aliphatic carbocycles. The van der Waals surface area contributed by atoms with Crippen molar-refractivity contribution in [2.75, 3.05) is 30.0 Å². The first-order chi connectivity index (χ1) is 14.2. The van der Waals surface area contributed by atoms with Gasteiger partial charge in [-0.3, -0.25) is 4.79 Å². The van der Waals surface area contributed by atoms with Gasteiger partial charge < -0.3 is 19.7 Å². The van der Waals surface area contributed by atoms with Crippen molar-refractivity contribution in [1.29, 1.82) is 0 Å². The van der Waals surface area contributed by atoms with Gasteiger partial charge in [0, 0.05) is 30.9 Å². The second kappa shape index (κ2) is 8.60. The molecule has 0 atom stereocenters. The van der Waals surface area contributed by atoms with Crippen LogP contribution in [0.4, 0.5) is 11.5 Å². The Labute approximate surface area is 169 Å². The van der Waals surface area contributed by atoms with E-state index in [0.717, 1.165) is 6.54 Å². The van der Waals surface area contributed by atoms with Gasteiger partial charge in [0.05, 0.1) is 0 Å². The molecule has 0 fully saturated rings. The highest BCUT2D eigenvalue weighted by Gasteiger charge is 2.16. The molecular weight excluding hydrogens is 368 g/mol. The van der Waals surface area contributed by atoms with Crippen molar-refractivity contribution in [2.24, 2.45) is 0 Å². The first kappa shape index (κ1) is 18.7. The molecule has 1 aliphatic rings. The minimum atomic E-state index is -0.305. The van der Waals surface area contributed by atoms with E-state index in [1.165, 1.54) is 11.9 Å². The number of nitrogens with zero attached hydrogens (tertiary/aromatic N) is 3. The SMILES string of the molecule is CCN(Cc1ccccc1)c1cc(C(=O)Nc2ccc3c(c2)OCCO3)ncn1. The molecule has 3 aromatic rings. The van der Waals surface area contributed by atoms with E-state index in [9.17, 15) is 4.79 Å². The number of ether oxygens (including phenoxy) is 2. The maximum Gasteiger partial charge on any atom is 0.274 e. The molecule has 4 rings (SSSR count). The molecule has 1 N–H and O–H groups in total. The molecule has 148 valence electrons. The van der Waals surface area contributed by atoms with E-state index >= 15 is 0 Å². The number of amides is 1. The summed E-state index contributed by atoms with van der Waals surface area (Å²) in [4.78, 5) is 23.3. The Morgan fingerprint density at radius 3 is 2.62 bits per heavy atom. The number of hydrogen-bond donors (Lipinski definition) is 1. The molecule has 2 heterocycles. The van der Waals surface area contributed by atoms with Crippen molar-refractivity contribution in [2.45, 2.75) is 13.5 Å². The number of carbonyl (C=O) groups is 1. The predicted octanol–water partition coefficient (Wildman–Crippen LogP) is 3.53. The average molecular weight is 390 g/mol.